The van der Waals surface area contributed by atoms with Gasteiger partial charge < -0.3 is 9.84 Å². The number of fused-ring (bicyclic) bond motifs is 1. The van der Waals surface area contributed by atoms with Gasteiger partial charge in [0, 0.05) is 25.3 Å². The van der Waals surface area contributed by atoms with E-state index in [0.29, 0.717) is 42.8 Å². The number of phenolic OH excluding ortho intramolecular Hbond substituents is 1. The third-order valence-electron chi connectivity index (χ3n) is 4.41. The Morgan fingerprint density at radius 2 is 2.10 bits per heavy atom. The zero-order valence-corrected chi connectivity index (χ0v) is 16.4. The zero-order chi connectivity index (χ0) is 20.8. The highest BCUT2D eigenvalue weighted by Crippen LogP contribution is 2.19. The fraction of sp³-hybridized carbons (Fsp3) is 0.286. The number of ether oxygens (including phenoxy) is 1. The Morgan fingerprint density at radius 1 is 1.31 bits per heavy atom. The largest absolute Gasteiger partial charge is 0.507 e. The Balaban J connectivity index is 1.96. The lowest BCUT2D eigenvalue weighted by Gasteiger charge is -2.13. The minimum absolute atomic E-state index is 0.0879. The summed E-state index contributed by atoms with van der Waals surface area (Å²) in [5.74, 6) is -0.306. The third-order valence-corrected chi connectivity index (χ3v) is 4.41. The number of para-hydroxylation sites is 1. The number of hydrogen-bond donors (Lipinski definition) is 2. The summed E-state index contributed by atoms with van der Waals surface area (Å²) in [5, 5.41) is 14.7. The maximum atomic E-state index is 13.5. The number of hydrazone groups is 1. The highest BCUT2D eigenvalue weighted by atomic mass is 19.1. The highest BCUT2D eigenvalue weighted by Gasteiger charge is 2.11. The van der Waals surface area contributed by atoms with E-state index in [1.165, 1.54) is 22.8 Å². The first-order valence-electron chi connectivity index (χ1n) is 9.37. The fourth-order valence-electron chi connectivity index (χ4n) is 2.92. The van der Waals surface area contributed by atoms with E-state index in [0.717, 1.165) is 0 Å². The molecule has 0 aliphatic rings. The Bertz CT molecular complexity index is 1090. The van der Waals surface area contributed by atoms with Gasteiger partial charge in [0.25, 0.3) is 5.56 Å². The summed E-state index contributed by atoms with van der Waals surface area (Å²) >= 11 is 0. The number of halogens is 1. The highest BCUT2D eigenvalue weighted by molar-refractivity contribution is 6.01. The summed E-state index contributed by atoms with van der Waals surface area (Å²) in [6, 6.07) is 10.7. The first kappa shape index (κ1) is 20.5. The molecule has 0 fully saturated rings. The van der Waals surface area contributed by atoms with Crippen molar-refractivity contribution in [1.29, 1.82) is 0 Å². The summed E-state index contributed by atoms with van der Waals surface area (Å²) in [6.07, 6.45) is 0.635. The summed E-state index contributed by atoms with van der Waals surface area (Å²) in [4.78, 5) is 17.4. The fourth-order valence-corrected chi connectivity index (χ4v) is 2.92. The average molecular weight is 398 g/mol. The van der Waals surface area contributed by atoms with E-state index in [1.807, 2.05) is 6.92 Å². The van der Waals surface area contributed by atoms with Crippen LogP contribution in [0.1, 0.15) is 25.8 Å². The number of aromatic nitrogens is 2. The van der Waals surface area contributed by atoms with E-state index < -0.39 is 5.82 Å². The molecule has 0 aliphatic carbocycles. The molecule has 0 unspecified atom stereocenters. The van der Waals surface area contributed by atoms with Crippen molar-refractivity contribution in [2.24, 2.45) is 5.10 Å². The molecule has 0 amide bonds. The third kappa shape index (κ3) is 4.78. The second-order valence-corrected chi connectivity index (χ2v) is 6.43. The minimum atomic E-state index is -0.482. The molecule has 1 aromatic heterocycles. The van der Waals surface area contributed by atoms with Crippen molar-refractivity contribution in [2.75, 3.05) is 18.6 Å². The van der Waals surface area contributed by atoms with Crippen LogP contribution < -0.4 is 11.0 Å². The van der Waals surface area contributed by atoms with E-state index in [4.69, 9.17) is 4.74 Å². The predicted octanol–water partition coefficient (Wildman–Crippen LogP) is 3.50. The molecule has 3 aromatic rings. The number of phenols is 1. The Kier molecular flexibility index (Phi) is 6.56. The Morgan fingerprint density at radius 3 is 2.90 bits per heavy atom. The van der Waals surface area contributed by atoms with Gasteiger partial charge in [-0.3, -0.25) is 9.36 Å². The normalized spacial score (nSPS) is 11.8. The molecule has 0 atom stereocenters. The van der Waals surface area contributed by atoms with Crippen LogP contribution in [0.2, 0.25) is 0 Å². The van der Waals surface area contributed by atoms with Gasteiger partial charge in [-0.1, -0.05) is 12.1 Å². The van der Waals surface area contributed by atoms with E-state index in [1.54, 1.807) is 31.2 Å². The Labute approximate surface area is 167 Å². The van der Waals surface area contributed by atoms with Crippen molar-refractivity contribution < 1.29 is 14.2 Å². The molecule has 0 saturated heterocycles. The van der Waals surface area contributed by atoms with Crippen molar-refractivity contribution in [1.82, 2.24) is 9.55 Å². The molecular weight excluding hydrogens is 375 g/mol. The molecule has 152 valence electrons. The molecule has 8 heteroatoms. The van der Waals surface area contributed by atoms with Crippen molar-refractivity contribution in [3.63, 3.8) is 0 Å². The van der Waals surface area contributed by atoms with E-state index >= 15 is 0 Å². The maximum Gasteiger partial charge on any atom is 0.262 e. The summed E-state index contributed by atoms with van der Waals surface area (Å²) in [6.45, 7) is 5.07. The SMILES string of the molecule is CCOCCCn1c(N/N=C(\C)c2cc(F)ccc2O)nc2ccccc2c1=O. The lowest BCUT2D eigenvalue weighted by Crippen LogP contribution is -2.25. The van der Waals surface area contributed by atoms with Gasteiger partial charge in [-0.25, -0.2) is 14.8 Å². The van der Waals surface area contributed by atoms with Crippen LogP contribution in [-0.4, -0.2) is 33.6 Å². The van der Waals surface area contributed by atoms with Gasteiger partial charge in [-0.2, -0.15) is 5.10 Å². The van der Waals surface area contributed by atoms with Crippen molar-refractivity contribution >= 4 is 22.6 Å². The topological polar surface area (TPSA) is 88.7 Å². The number of aromatic hydroxyl groups is 1. The van der Waals surface area contributed by atoms with Crippen LogP contribution in [0, 0.1) is 5.82 Å². The van der Waals surface area contributed by atoms with Crippen molar-refractivity contribution in [3.05, 3.63) is 64.2 Å². The summed E-state index contributed by atoms with van der Waals surface area (Å²) in [7, 11) is 0. The molecule has 0 aliphatic heterocycles. The molecular formula is C21H23FN4O3. The quantitative estimate of drug-likeness (QED) is 0.344. The molecule has 0 saturated carbocycles. The molecule has 0 spiro atoms. The minimum Gasteiger partial charge on any atom is -0.507 e. The first-order chi connectivity index (χ1) is 14.0. The number of benzene rings is 2. The first-order valence-corrected chi connectivity index (χ1v) is 9.37. The van der Waals surface area contributed by atoms with Crippen LogP contribution >= 0.6 is 0 Å². The molecule has 1 heterocycles. The summed E-state index contributed by atoms with van der Waals surface area (Å²) < 4.78 is 20.4. The Hall–Kier alpha value is -3.26. The van der Waals surface area contributed by atoms with E-state index in [-0.39, 0.29) is 22.8 Å². The molecule has 7 nitrogen and oxygen atoms in total. The van der Waals surface area contributed by atoms with E-state index in [9.17, 15) is 14.3 Å². The number of rotatable bonds is 8. The van der Waals surface area contributed by atoms with Gasteiger partial charge in [0.1, 0.15) is 11.6 Å². The monoisotopic (exact) mass is 398 g/mol. The van der Waals surface area contributed by atoms with Crippen molar-refractivity contribution in [3.8, 4) is 5.75 Å². The van der Waals surface area contributed by atoms with Crippen LogP contribution in [0.5, 0.6) is 5.75 Å². The molecule has 0 bridgehead atoms. The second kappa shape index (κ2) is 9.29. The standard InChI is InChI=1S/C21H23FN4O3/c1-3-29-12-6-11-26-20(28)16-7-4-5-8-18(16)23-21(26)25-24-14(2)17-13-15(22)9-10-19(17)27/h4-5,7-10,13,27H,3,6,11-12H2,1-2H3,(H,23,25)/b24-14+. The van der Waals surface area contributed by atoms with E-state index in [2.05, 4.69) is 15.5 Å². The van der Waals surface area contributed by atoms with Crippen molar-refractivity contribution in [2.45, 2.75) is 26.8 Å². The second-order valence-electron chi connectivity index (χ2n) is 6.43. The lowest BCUT2D eigenvalue weighted by atomic mass is 10.1. The van der Waals surface area contributed by atoms with Crippen LogP contribution in [0.3, 0.4) is 0 Å². The molecule has 29 heavy (non-hydrogen) atoms. The van der Waals surface area contributed by atoms with Crippen LogP contribution in [0.15, 0.2) is 52.4 Å². The molecule has 2 aromatic carbocycles. The lowest BCUT2D eigenvalue weighted by molar-refractivity contribution is 0.141. The number of anilines is 1. The number of hydrogen-bond acceptors (Lipinski definition) is 6. The van der Waals surface area contributed by atoms with Crippen LogP contribution in [0.25, 0.3) is 10.9 Å². The van der Waals surface area contributed by atoms with Gasteiger partial charge in [0.2, 0.25) is 5.95 Å². The predicted molar refractivity (Wildman–Crippen MR) is 111 cm³/mol. The summed E-state index contributed by atoms with van der Waals surface area (Å²) in [5.41, 5.74) is 3.76. The van der Waals surface area contributed by atoms with Gasteiger partial charge in [0.05, 0.1) is 16.6 Å². The number of nitrogens with one attached hydrogen (secondary N) is 1. The molecule has 3 rings (SSSR count). The van der Waals surface area contributed by atoms with Gasteiger partial charge in [-0.15, -0.1) is 0 Å². The average Bonchev–Trinajstić information content (AvgIpc) is 2.72. The maximum absolute atomic E-state index is 13.5. The van der Waals surface area contributed by atoms with Crippen LogP contribution in [-0.2, 0) is 11.3 Å². The smallest absolute Gasteiger partial charge is 0.262 e. The van der Waals surface area contributed by atoms with Gasteiger partial charge in [0.15, 0.2) is 0 Å². The number of nitrogens with zero attached hydrogens (tertiary/aromatic N) is 3. The van der Waals surface area contributed by atoms with Crippen LogP contribution in [0.4, 0.5) is 10.3 Å². The van der Waals surface area contributed by atoms with Gasteiger partial charge >= 0.3 is 0 Å². The molecule has 2 N–H and O–H groups in total. The molecule has 0 radical (unpaired) electrons. The van der Waals surface area contributed by atoms with Gasteiger partial charge in [-0.05, 0) is 50.6 Å². The zero-order valence-electron chi connectivity index (χ0n) is 16.4.